The van der Waals surface area contributed by atoms with Crippen LogP contribution in [-0.2, 0) is 17.4 Å². The molecule has 8 heteroatoms. The van der Waals surface area contributed by atoms with E-state index in [0.29, 0.717) is 29.7 Å². The molecule has 2 aromatic rings. The second-order valence-electron chi connectivity index (χ2n) is 7.16. The first kappa shape index (κ1) is 24.7. The summed E-state index contributed by atoms with van der Waals surface area (Å²) in [6.45, 7) is 6.80. The van der Waals surface area contributed by atoms with Crippen LogP contribution in [0.2, 0.25) is 0 Å². The zero-order valence-electron chi connectivity index (χ0n) is 17.9. The fourth-order valence-electron chi connectivity index (χ4n) is 3.03. The normalized spacial score (nSPS) is 11.4. The fourth-order valence-corrected chi connectivity index (χ4v) is 3.03. The van der Waals surface area contributed by atoms with Crippen LogP contribution in [0.1, 0.15) is 52.9 Å². The van der Waals surface area contributed by atoms with Crippen LogP contribution in [0, 0.1) is 0 Å². The molecule has 0 aromatic heterocycles. The number of carbonyl (C=O) groups excluding carboxylic acids is 1. The van der Waals surface area contributed by atoms with Gasteiger partial charge in [-0.1, -0.05) is 29.9 Å². The SMILES string of the molecule is C=C(C)CCc1c(OC)cc(/C=C/c2ccc(C(F)(F)F)cc2)c(C(=O)O)c1OC(C)=O. The van der Waals surface area contributed by atoms with Gasteiger partial charge in [0.05, 0.1) is 12.7 Å². The van der Waals surface area contributed by atoms with E-state index in [9.17, 15) is 27.9 Å². The van der Waals surface area contributed by atoms with Gasteiger partial charge >= 0.3 is 18.1 Å². The molecule has 0 radical (unpaired) electrons. The third-order valence-corrected chi connectivity index (χ3v) is 4.55. The molecule has 0 amide bonds. The minimum absolute atomic E-state index is 0.127. The van der Waals surface area contributed by atoms with Gasteiger partial charge in [-0.15, -0.1) is 6.58 Å². The van der Waals surface area contributed by atoms with E-state index in [1.807, 2.05) is 6.92 Å². The Kier molecular flexibility index (Phi) is 7.86. The zero-order valence-corrected chi connectivity index (χ0v) is 17.9. The minimum Gasteiger partial charge on any atom is -0.496 e. The fraction of sp³-hybridized carbons (Fsp3) is 0.250. The predicted octanol–water partition coefficient (Wildman–Crippen LogP) is 6.02. The van der Waals surface area contributed by atoms with Crippen LogP contribution in [-0.4, -0.2) is 24.2 Å². The maximum absolute atomic E-state index is 12.8. The Balaban J connectivity index is 2.60. The van der Waals surface area contributed by atoms with E-state index in [2.05, 4.69) is 6.58 Å². The van der Waals surface area contributed by atoms with E-state index in [1.165, 1.54) is 37.5 Å². The Morgan fingerprint density at radius 2 is 1.75 bits per heavy atom. The Labute approximate surface area is 183 Å². The molecule has 0 bridgehead atoms. The van der Waals surface area contributed by atoms with Crippen molar-refractivity contribution in [1.82, 2.24) is 0 Å². The van der Waals surface area contributed by atoms with Crippen molar-refractivity contribution in [1.29, 1.82) is 0 Å². The van der Waals surface area contributed by atoms with Crippen molar-refractivity contribution < 1.29 is 37.3 Å². The standard InChI is InChI=1S/C24H23F3O5/c1-14(2)5-12-19-20(31-4)13-17(21(23(29)30)22(19)32-15(3)28)9-6-16-7-10-18(11-8-16)24(25,26)27/h6-11,13H,1,5,12H2,2-4H3,(H,29,30)/b9-6+. The van der Waals surface area contributed by atoms with Gasteiger partial charge in [-0.3, -0.25) is 4.79 Å². The van der Waals surface area contributed by atoms with Crippen LogP contribution in [0.5, 0.6) is 11.5 Å². The maximum atomic E-state index is 12.8. The van der Waals surface area contributed by atoms with Gasteiger partial charge in [0.25, 0.3) is 0 Å². The van der Waals surface area contributed by atoms with Gasteiger partial charge < -0.3 is 14.6 Å². The molecule has 0 heterocycles. The first-order valence-corrected chi connectivity index (χ1v) is 9.59. The molecule has 5 nitrogen and oxygen atoms in total. The number of esters is 1. The molecular formula is C24H23F3O5. The molecule has 0 aliphatic heterocycles. The van der Waals surface area contributed by atoms with Crippen molar-refractivity contribution in [2.75, 3.05) is 7.11 Å². The van der Waals surface area contributed by atoms with Crippen LogP contribution in [0.15, 0.2) is 42.5 Å². The Morgan fingerprint density at radius 3 is 2.22 bits per heavy atom. The van der Waals surface area contributed by atoms with E-state index >= 15 is 0 Å². The largest absolute Gasteiger partial charge is 0.496 e. The highest BCUT2D eigenvalue weighted by Crippen LogP contribution is 2.38. The summed E-state index contributed by atoms with van der Waals surface area (Å²) in [4.78, 5) is 23.8. The molecule has 1 N–H and O–H groups in total. The first-order chi connectivity index (χ1) is 14.9. The molecule has 0 aliphatic carbocycles. The van der Waals surface area contributed by atoms with Crippen LogP contribution >= 0.6 is 0 Å². The van der Waals surface area contributed by atoms with Gasteiger partial charge in [-0.2, -0.15) is 13.2 Å². The molecule has 2 aromatic carbocycles. The molecule has 170 valence electrons. The van der Waals surface area contributed by atoms with Crippen molar-refractivity contribution >= 4 is 24.1 Å². The molecule has 0 atom stereocenters. The van der Waals surface area contributed by atoms with E-state index in [-0.39, 0.29) is 16.9 Å². The number of hydrogen-bond acceptors (Lipinski definition) is 4. The van der Waals surface area contributed by atoms with Crippen LogP contribution < -0.4 is 9.47 Å². The highest BCUT2D eigenvalue weighted by Gasteiger charge is 2.30. The number of carbonyl (C=O) groups is 2. The second-order valence-corrected chi connectivity index (χ2v) is 7.16. The number of carboxylic acids is 1. The summed E-state index contributed by atoms with van der Waals surface area (Å²) >= 11 is 0. The van der Waals surface area contributed by atoms with Gasteiger partial charge in [0.15, 0.2) is 5.75 Å². The second kappa shape index (κ2) is 10.2. The maximum Gasteiger partial charge on any atom is 0.416 e. The number of ether oxygens (including phenoxy) is 2. The van der Waals surface area contributed by atoms with Crippen LogP contribution in [0.3, 0.4) is 0 Å². The number of rotatable bonds is 8. The highest BCUT2D eigenvalue weighted by atomic mass is 19.4. The lowest BCUT2D eigenvalue weighted by molar-refractivity contribution is -0.137. The van der Waals surface area contributed by atoms with Gasteiger partial charge in [0.2, 0.25) is 0 Å². The number of carboxylic acid groups (broad SMARTS) is 1. The Bertz CT molecular complexity index is 1050. The number of methoxy groups -OCH3 is 1. The average molecular weight is 448 g/mol. The lowest BCUT2D eigenvalue weighted by atomic mass is 9.96. The molecule has 2 rings (SSSR count). The van der Waals surface area contributed by atoms with Crippen molar-refractivity contribution in [3.63, 3.8) is 0 Å². The molecule has 0 saturated heterocycles. The van der Waals surface area contributed by atoms with Crippen molar-refractivity contribution in [3.05, 3.63) is 70.3 Å². The summed E-state index contributed by atoms with van der Waals surface area (Å²) in [5.41, 5.74) is 0.819. The zero-order chi connectivity index (χ0) is 24.1. The van der Waals surface area contributed by atoms with E-state index < -0.39 is 23.7 Å². The van der Waals surface area contributed by atoms with Gasteiger partial charge in [0, 0.05) is 12.5 Å². The molecular weight excluding hydrogens is 425 g/mol. The van der Waals surface area contributed by atoms with E-state index in [4.69, 9.17) is 9.47 Å². The lowest BCUT2D eigenvalue weighted by Gasteiger charge is -2.18. The smallest absolute Gasteiger partial charge is 0.416 e. The van der Waals surface area contributed by atoms with Crippen LogP contribution in [0.25, 0.3) is 12.2 Å². The highest BCUT2D eigenvalue weighted by molar-refractivity contribution is 5.98. The molecule has 32 heavy (non-hydrogen) atoms. The molecule has 0 aliphatic rings. The first-order valence-electron chi connectivity index (χ1n) is 9.59. The number of hydrogen-bond donors (Lipinski definition) is 1. The predicted molar refractivity (Wildman–Crippen MR) is 115 cm³/mol. The molecule has 0 fully saturated rings. The summed E-state index contributed by atoms with van der Waals surface area (Å²) in [6, 6.07) is 5.90. The molecule has 0 spiro atoms. The summed E-state index contributed by atoms with van der Waals surface area (Å²) in [7, 11) is 1.40. The van der Waals surface area contributed by atoms with Crippen molar-refractivity contribution in [2.45, 2.75) is 32.9 Å². The molecule has 0 saturated carbocycles. The average Bonchev–Trinajstić information content (AvgIpc) is 2.69. The number of benzene rings is 2. The molecule has 0 unspecified atom stereocenters. The number of halogens is 3. The van der Waals surface area contributed by atoms with Crippen molar-refractivity contribution in [3.8, 4) is 11.5 Å². The minimum atomic E-state index is -4.45. The monoisotopic (exact) mass is 448 g/mol. The quantitative estimate of drug-likeness (QED) is 0.232. The van der Waals surface area contributed by atoms with Gasteiger partial charge in [-0.25, -0.2) is 4.79 Å². The summed E-state index contributed by atoms with van der Waals surface area (Å²) in [6.07, 6.45) is -0.712. The van der Waals surface area contributed by atoms with Crippen LogP contribution in [0.4, 0.5) is 13.2 Å². The third-order valence-electron chi connectivity index (χ3n) is 4.55. The third kappa shape index (κ3) is 6.23. The Hall–Kier alpha value is -3.55. The number of alkyl halides is 3. The van der Waals surface area contributed by atoms with Gasteiger partial charge in [0.1, 0.15) is 11.3 Å². The number of allylic oxidation sites excluding steroid dienone is 1. The summed E-state index contributed by atoms with van der Waals surface area (Å²) in [5, 5.41) is 9.84. The Morgan fingerprint density at radius 1 is 1.12 bits per heavy atom. The summed E-state index contributed by atoms with van der Waals surface area (Å²) in [5.74, 6) is -1.83. The van der Waals surface area contributed by atoms with E-state index in [1.54, 1.807) is 0 Å². The van der Waals surface area contributed by atoms with Crippen molar-refractivity contribution in [2.24, 2.45) is 0 Å². The van der Waals surface area contributed by atoms with Gasteiger partial charge in [-0.05, 0) is 49.1 Å². The number of aromatic carboxylic acids is 1. The summed E-state index contributed by atoms with van der Waals surface area (Å²) < 4.78 is 48.9. The topological polar surface area (TPSA) is 72.8 Å². The van der Waals surface area contributed by atoms with E-state index in [0.717, 1.165) is 24.6 Å². The lowest BCUT2D eigenvalue weighted by Crippen LogP contribution is -2.13.